The lowest BCUT2D eigenvalue weighted by Gasteiger charge is -2.26. The highest BCUT2D eigenvalue weighted by molar-refractivity contribution is 6.31. The third kappa shape index (κ3) is 5.74. The third-order valence-electron chi connectivity index (χ3n) is 6.21. The van der Waals surface area contributed by atoms with Crippen molar-refractivity contribution in [2.24, 2.45) is 0 Å². The van der Waals surface area contributed by atoms with Crippen molar-refractivity contribution in [2.45, 2.75) is 57.7 Å². The van der Waals surface area contributed by atoms with Crippen LogP contribution in [0.5, 0.6) is 0 Å². The van der Waals surface area contributed by atoms with Crippen molar-refractivity contribution in [1.82, 2.24) is 15.6 Å². The lowest BCUT2D eigenvalue weighted by molar-refractivity contribution is -0.124. The number of carbonyl (C=O) groups is 2. The summed E-state index contributed by atoms with van der Waals surface area (Å²) in [7, 11) is 0. The van der Waals surface area contributed by atoms with Gasteiger partial charge in [0.1, 0.15) is 11.7 Å². The predicted molar refractivity (Wildman–Crippen MR) is 135 cm³/mol. The molecule has 2 aromatic carbocycles. The molecular formula is C26H29Cl2N3O3. The van der Waals surface area contributed by atoms with Gasteiger partial charge in [-0.2, -0.15) is 0 Å². The smallest absolute Gasteiger partial charge is 0.355 e. The van der Waals surface area contributed by atoms with Gasteiger partial charge < -0.3 is 15.0 Å². The van der Waals surface area contributed by atoms with Crippen LogP contribution in [0.15, 0.2) is 42.5 Å². The number of hydrogen-bond donors (Lipinski definition) is 3. The molecule has 1 aliphatic rings. The van der Waals surface area contributed by atoms with E-state index in [0.29, 0.717) is 27.7 Å². The Kier molecular flexibility index (Phi) is 8.14. The monoisotopic (exact) mass is 501 g/mol. The Hall–Kier alpha value is -2.54. The normalized spacial score (nSPS) is 15.3. The molecule has 0 bridgehead atoms. The quantitative estimate of drug-likeness (QED) is 0.334. The van der Waals surface area contributed by atoms with Crippen LogP contribution in [0.1, 0.15) is 66.7 Å². The van der Waals surface area contributed by atoms with Crippen molar-refractivity contribution >= 4 is 46.0 Å². The molecule has 1 aromatic heterocycles. The molecular weight excluding hydrogens is 473 g/mol. The number of halogens is 2. The third-order valence-corrected chi connectivity index (χ3v) is 6.69. The van der Waals surface area contributed by atoms with E-state index in [1.54, 1.807) is 19.1 Å². The van der Waals surface area contributed by atoms with Gasteiger partial charge in [-0.3, -0.25) is 10.1 Å². The summed E-state index contributed by atoms with van der Waals surface area (Å²) in [6, 6.07) is 12.1. The van der Waals surface area contributed by atoms with Gasteiger partial charge in [-0.15, -0.1) is 0 Å². The van der Waals surface area contributed by atoms with Crippen molar-refractivity contribution in [1.29, 1.82) is 0 Å². The van der Waals surface area contributed by atoms with Gasteiger partial charge in [0.05, 0.1) is 6.61 Å². The summed E-state index contributed by atoms with van der Waals surface area (Å²) in [4.78, 5) is 29.7. The average molecular weight is 502 g/mol. The maximum Gasteiger partial charge on any atom is 0.355 e. The van der Waals surface area contributed by atoms with Gasteiger partial charge in [-0.05, 0) is 49.6 Å². The molecule has 1 atom stereocenters. The van der Waals surface area contributed by atoms with Gasteiger partial charge >= 0.3 is 5.97 Å². The molecule has 0 radical (unpaired) electrons. The van der Waals surface area contributed by atoms with E-state index in [9.17, 15) is 9.59 Å². The largest absolute Gasteiger partial charge is 0.461 e. The Morgan fingerprint density at radius 3 is 2.47 bits per heavy atom. The highest BCUT2D eigenvalue weighted by Crippen LogP contribution is 2.32. The van der Waals surface area contributed by atoms with Crippen LogP contribution in [-0.4, -0.2) is 29.5 Å². The zero-order valence-electron chi connectivity index (χ0n) is 19.1. The zero-order chi connectivity index (χ0) is 24.1. The molecule has 1 amide bonds. The van der Waals surface area contributed by atoms with Crippen LogP contribution < -0.4 is 10.6 Å². The summed E-state index contributed by atoms with van der Waals surface area (Å²) < 4.78 is 5.31. The van der Waals surface area contributed by atoms with Crippen molar-refractivity contribution in [3.8, 4) is 0 Å². The van der Waals surface area contributed by atoms with Crippen LogP contribution in [0.4, 0.5) is 0 Å². The summed E-state index contributed by atoms with van der Waals surface area (Å²) in [5, 5.41) is 8.52. The maximum atomic E-state index is 13.6. The SMILES string of the molecule is CCOC(=O)c1[nH]c2cc(Cl)ccc2c1C(NCc1ccc(Cl)cc1)C(=O)NC1CCCCC1. The molecule has 1 saturated carbocycles. The number of esters is 1. The van der Waals surface area contributed by atoms with Crippen LogP contribution in [0, 0.1) is 0 Å². The number of benzene rings is 2. The zero-order valence-corrected chi connectivity index (χ0v) is 20.6. The Balaban J connectivity index is 1.72. The first-order chi connectivity index (χ1) is 16.5. The summed E-state index contributed by atoms with van der Waals surface area (Å²) >= 11 is 12.2. The van der Waals surface area contributed by atoms with E-state index in [2.05, 4.69) is 15.6 Å². The second kappa shape index (κ2) is 11.3. The maximum absolute atomic E-state index is 13.6. The number of ether oxygens (including phenoxy) is 1. The molecule has 34 heavy (non-hydrogen) atoms. The minimum Gasteiger partial charge on any atom is -0.461 e. The fraction of sp³-hybridized carbons (Fsp3) is 0.385. The molecule has 4 rings (SSSR count). The van der Waals surface area contributed by atoms with Crippen molar-refractivity contribution in [3.63, 3.8) is 0 Å². The van der Waals surface area contributed by atoms with Gasteiger partial charge in [0.15, 0.2) is 0 Å². The van der Waals surface area contributed by atoms with Gasteiger partial charge in [0.25, 0.3) is 0 Å². The number of carbonyl (C=O) groups excluding carboxylic acids is 2. The number of amides is 1. The Bertz CT molecular complexity index is 1150. The molecule has 1 aliphatic carbocycles. The van der Waals surface area contributed by atoms with Crippen LogP contribution in [0.2, 0.25) is 10.0 Å². The molecule has 0 saturated heterocycles. The van der Waals surface area contributed by atoms with Crippen LogP contribution in [-0.2, 0) is 16.1 Å². The van der Waals surface area contributed by atoms with E-state index in [4.69, 9.17) is 27.9 Å². The summed E-state index contributed by atoms with van der Waals surface area (Å²) in [6.45, 7) is 2.40. The van der Waals surface area contributed by atoms with Crippen molar-refractivity contribution in [2.75, 3.05) is 6.61 Å². The number of fused-ring (bicyclic) bond motifs is 1. The molecule has 6 nitrogen and oxygen atoms in total. The van der Waals surface area contributed by atoms with Gasteiger partial charge in [-0.25, -0.2) is 4.79 Å². The summed E-state index contributed by atoms with van der Waals surface area (Å²) in [5.41, 5.74) is 2.47. The molecule has 8 heteroatoms. The number of aromatic amines is 1. The van der Waals surface area contributed by atoms with Gasteiger partial charge in [-0.1, -0.05) is 60.7 Å². The average Bonchev–Trinajstić information content (AvgIpc) is 3.19. The fourth-order valence-electron chi connectivity index (χ4n) is 4.53. The van der Waals surface area contributed by atoms with Crippen molar-refractivity contribution in [3.05, 3.63) is 69.3 Å². The van der Waals surface area contributed by atoms with Crippen LogP contribution >= 0.6 is 23.2 Å². The molecule has 1 heterocycles. The highest BCUT2D eigenvalue weighted by Gasteiger charge is 2.31. The van der Waals surface area contributed by atoms with Gasteiger partial charge in [0.2, 0.25) is 5.91 Å². The second-order valence-electron chi connectivity index (χ2n) is 8.61. The van der Waals surface area contributed by atoms with E-state index >= 15 is 0 Å². The molecule has 0 aliphatic heterocycles. The van der Waals surface area contributed by atoms with Crippen LogP contribution in [0.3, 0.4) is 0 Å². The molecule has 1 fully saturated rings. The summed E-state index contributed by atoms with van der Waals surface area (Å²) in [6.07, 6.45) is 5.33. The molecule has 3 N–H and O–H groups in total. The van der Waals surface area contributed by atoms with E-state index in [0.717, 1.165) is 36.6 Å². The number of rotatable bonds is 8. The molecule has 3 aromatic rings. The first-order valence-corrected chi connectivity index (χ1v) is 12.5. The Morgan fingerprint density at radius 2 is 1.76 bits per heavy atom. The van der Waals surface area contributed by atoms with E-state index < -0.39 is 12.0 Å². The Morgan fingerprint density at radius 1 is 1.06 bits per heavy atom. The Labute approximate surface area is 209 Å². The topological polar surface area (TPSA) is 83.2 Å². The van der Waals surface area contributed by atoms with E-state index in [-0.39, 0.29) is 24.2 Å². The number of aromatic nitrogens is 1. The molecule has 180 valence electrons. The van der Waals surface area contributed by atoms with Crippen LogP contribution in [0.25, 0.3) is 10.9 Å². The minimum absolute atomic E-state index is 0.131. The number of hydrogen-bond acceptors (Lipinski definition) is 4. The highest BCUT2D eigenvalue weighted by atomic mass is 35.5. The number of nitrogens with one attached hydrogen (secondary N) is 3. The lowest BCUT2D eigenvalue weighted by atomic mass is 9.94. The lowest BCUT2D eigenvalue weighted by Crippen LogP contribution is -2.43. The van der Waals surface area contributed by atoms with Crippen molar-refractivity contribution < 1.29 is 14.3 Å². The standard InChI is InChI=1S/C26H29Cl2N3O3/c1-2-34-26(33)24-22(20-13-12-18(28)14-21(20)31-24)23(25(32)30-19-6-4-3-5-7-19)29-15-16-8-10-17(27)11-9-16/h8-14,19,23,29,31H,2-7,15H2,1H3,(H,30,32). The van der Waals surface area contributed by atoms with Gasteiger partial charge in [0, 0.05) is 39.1 Å². The first kappa shape index (κ1) is 24.6. The van der Waals surface area contributed by atoms with E-state index in [1.807, 2.05) is 30.3 Å². The summed E-state index contributed by atoms with van der Waals surface area (Å²) in [5.74, 6) is -0.671. The molecule has 0 spiro atoms. The predicted octanol–water partition coefficient (Wildman–Crippen LogP) is 5.93. The minimum atomic E-state index is -0.771. The second-order valence-corrected chi connectivity index (χ2v) is 9.48. The number of H-pyrrole nitrogens is 1. The van der Waals surface area contributed by atoms with E-state index in [1.165, 1.54) is 6.42 Å². The molecule has 1 unspecified atom stereocenters. The fourth-order valence-corrected chi connectivity index (χ4v) is 4.83. The first-order valence-electron chi connectivity index (χ1n) is 11.7.